The monoisotopic (exact) mass is 570 g/mol. The van der Waals surface area contributed by atoms with E-state index in [1.165, 1.54) is 5.56 Å². The van der Waals surface area contributed by atoms with E-state index in [1.54, 1.807) is 35.5 Å². The number of guanidine groups is 1. The topological polar surface area (TPSA) is 76.6 Å². The molecule has 0 aromatic heterocycles. The second-order valence-electron chi connectivity index (χ2n) is 7.59. The number of hydrogen-bond acceptors (Lipinski definition) is 6. The van der Waals surface area contributed by atoms with E-state index in [1.807, 2.05) is 30.3 Å². The molecule has 0 spiro atoms. The first kappa shape index (κ1) is 26.7. The molecule has 8 nitrogen and oxygen atoms in total. The number of halogens is 1. The minimum Gasteiger partial charge on any atom is -0.497 e. The lowest BCUT2D eigenvalue weighted by Crippen LogP contribution is -2.45. The third-order valence-corrected chi connectivity index (χ3v) is 5.61. The molecule has 2 aromatic rings. The van der Waals surface area contributed by atoms with Crippen molar-refractivity contribution in [1.29, 1.82) is 0 Å². The van der Waals surface area contributed by atoms with Crippen LogP contribution in [0.2, 0.25) is 0 Å². The summed E-state index contributed by atoms with van der Waals surface area (Å²) in [5.74, 6) is 3.88. The van der Waals surface area contributed by atoms with Gasteiger partial charge in [-0.05, 0) is 30.5 Å². The molecule has 1 saturated heterocycles. The van der Waals surface area contributed by atoms with Crippen molar-refractivity contribution in [3.05, 3.63) is 42.0 Å². The minimum atomic E-state index is 0. The van der Waals surface area contributed by atoms with Crippen molar-refractivity contribution in [3.8, 4) is 23.0 Å². The van der Waals surface area contributed by atoms with Gasteiger partial charge in [-0.2, -0.15) is 0 Å². The molecule has 1 heterocycles. The molecule has 0 amide bonds. The van der Waals surface area contributed by atoms with Crippen LogP contribution in [0, 0.1) is 0 Å². The SMILES string of the molecule is CN=C(NCCc1ccc(OC)c(OC)c1)NC1CCN(c2cc(OC)cc(OC)c2)C1.I. The Bertz CT molecular complexity index is 903. The summed E-state index contributed by atoms with van der Waals surface area (Å²) < 4.78 is 21.5. The lowest BCUT2D eigenvalue weighted by atomic mass is 10.1. The highest BCUT2D eigenvalue weighted by Gasteiger charge is 2.24. The predicted octanol–water partition coefficient (Wildman–Crippen LogP) is 3.33. The van der Waals surface area contributed by atoms with Gasteiger partial charge >= 0.3 is 0 Å². The number of rotatable bonds is 9. The Morgan fingerprint density at radius 2 is 1.67 bits per heavy atom. The number of hydrogen-bond donors (Lipinski definition) is 2. The van der Waals surface area contributed by atoms with Crippen molar-refractivity contribution >= 4 is 35.6 Å². The first-order chi connectivity index (χ1) is 15.6. The van der Waals surface area contributed by atoms with Crippen LogP contribution >= 0.6 is 24.0 Å². The van der Waals surface area contributed by atoms with E-state index >= 15 is 0 Å². The Hall–Kier alpha value is -2.56. The average Bonchev–Trinajstić information content (AvgIpc) is 3.31. The van der Waals surface area contributed by atoms with Crippen LogP contribution in [-0.2, 0) is 6.42 Å². The van der Waals surface area contributed by atoms with Gasteiger partial charge in [-0.3, -0.25) is 4.99 Å². The molecule has 1 aliphatic heterocycles. The molecule has 2 N–H and O–H groups in total. The number of methoxy groups -OCH3 is 4. The number of nitrogens with one attached hydrogen (secondary N) is 2. The summed E-state index contributed by atoms with van der Waals surface area (Å²) in [7, 11) is 8.43. The van der Waals surface area contributed by atoms with Gasteiger partial charge in [0.2, 0.25) is 0 Å². The summed E-state index contributed by atoms with van der Waals surface area (Å²) in [6, 6.07) is 12.3. The molecule has 1 fully saturated rings. The zero-order valence-corrected chi connectivity index (χ0v) is 22.3. The number of ether oxygens (including phenoxy) is 4. The van der Waals surface area contributed by atoms with Crippen LogP contribution in [0.15, 0.2) is 41.4 Å². The maximum Gasteiger partial charge on any atom is 0.191 e. The van der Waals surface area contributed by atoms with E-state index in [9.17, 15) is 0 Å². The maximum absolute atomic E-state index is 5.41. The van der Waals surface area contributed by atoms with Gasteiger partial charge in [-0.1, -0.05) is 6.07 Å². The van der Waals surface area contributed by atoms with Crippen molar-refractivity contribution in [3.63, 3.8) is 0 Å². The summed E-state index contributed by atoms with van der Waals surface area (Å²) in [6.45, 7) is 2.60. The first-order valence-corrected chi connectivity index (χ1v) is 10.8. The van der Waals surface area contributed by atoms with Crippen LogP contribution in [-0.4, -0.2) is 67.1 Å². The Kier molecular flexibility index (Phi) is 10.7. The maximum atomic E-state index is 5.41. The predicted molar refractivity (Wildman–Crippen MR) is 143 cm³/mol. The van der Waals surface area contributed by atoms with Crippen LogP contribution in [0.1, 0.15) is 12.0 Å². The van der Waals surface area contributed by atoms with Gasteiger partial charge in [0.05, 0.1) is 28.4 Å². The number of nitrogens with zero attached hydrogens (tertiary/aromatic N) is 2. The zero-order chi connectivity index (χ0) is 22.9. The molecular formula is C24H35IN4O4. The second kappa shape index (κ2) is 13.2. The quantitative estimate of drug-likeness (QED) is 0.272. The van der Waals surface area contributed by atoms with Crippen molar-refractivity contribution in [1.82, 2.24) is 10.6 Å². The summed E-state index contributed by atoms with van der Waals surface area (Å²) in [5.41, 5.74) is 2.27. The molecule has 0 aliphatic carbocycles. The molecule has 1 atom stereocenters. The largest absolute Gasteiger partial charge is 0.497 e. The molecular weight excluding hydrogens is 535 g/mol. The van der Waals surface area contributed by atoms with Gasteiger partial charge in [0.25, 0.3) is 0 Å². The van der Waals surface area contributed by atoms with Crippen LogP contribution in [0.4, 0.5) is 5.69 Å². The minimum absolute atomic E-state index is 0. The summed E-state index contributed by atoms with van der Waals surface area (Å²) in [4.78, 5) is 6.72. The lowest BCUT2D eigenvalue weighted by molar-refractivity contribution is 0.354. The molecule has 33 heavy (non-hydrogen) atoms. The van der Waals surface area contributed by atoms with E-state index in [0.717, 1.165) is 67.1 Å². The van der Waals surface area contributed by atoms with E-state index in [0.29, 0.717) is 6.04 Å². The van der Waals surface area contributed by atoms with E-state index < -0.39 is 0 Å². The lowest BCUT2D eigenvalue weighted by Gasteiger charge is -2.21. The summed E-state index contributed by atoms with van der Waals surface area (Å²) in [5, 5.41) is 6.95. The highest BCUT2D eigenvalue weighted by atomic mass is 127. The Labute approximate surface area is 213 Å². The molecule has 0 bridgehead atoms. The highest BCUT2D eigenvalue weighted by Crippen LogP contribution is 2.30. The van der Waals surface area contributed by atoms with Crippen molar-refractivity contribution in [2.45, 2.75) is 18.9 Å². The Morgan fingerprint density at radius 3 is 2.27 bits per heavy atom. The number of aliphatic imine (C=N–C) groups is 1. The van der Waals surface area contributed by atoms with Crippen molar-refractivity contribution in [2.75, 3.05) is 60.0 Å². The molecule has 1 aliphatic rings. The molecule has 3 rings (SSSR count). The average molecular weight is 570 g/mol. The third-order valence-electron chi connectivity index (χ3n) is 5.61. The Morgan fingerprint density at radius 1 is 0.970 bits per heavy atom. The van der Waals surface area contributed by atoms with Gasteiger partial charge in [-0.15, -0.1) is 24.0 Å². The van der Waals surface area contributed by atoms with Gasteiger partial charge in [0, 0.05) is 56.6 Å². The zero-order valence-electron chi connectivity index (χ0n) is 20.0. The van der Waals surface area contributed by atoms with Crippen LogP contribution in [0.5, 0.6) is 23.0 Å². The van der Waals surface area contributed by atoms with Gasteiger partial charge in [-0.25, -0.2) is 0 Å². The molecule has 1 unspecified atom stereocenters. The van der Waals surface area contributed by atoms with Crippen LogP contribution < -0.4 is 34.5 Å². The normalized spacial score (nSPS) is 15.5. The van der Waals surface area contributed by atoms with Crippen molar-refractivity contribution in [2.24, 2.45) is 4.99 Å². The number of anilines is 1. The molecule has 0 saturated carbocycles. The molecule has 9 heteroatoms. The van der Waals surface area contributed by atoms with Gasteiger partial charge in [0.1, 0.15) is 11.5 Å². The van der Waals surface area contributed by atoms with Crippen LogP contribution in [0.25, 0.3) is 0 Å². The standard InChI is InChI=1S/C24H34N4O4.HI/c1-25-24(26-10-8-17-6-7-22(31-4)23(12-17)32-5)27-18-9-11-28(16-18)19-13-20(29-2)15-21(14-19)30-3;/h6-7,12-15,18H,8-11,16H2,1-5H3,(H2,25,26,27);1H. The summed E-state index contributed by atoms with van der Waals surface area (Å²) >= 11 is 0. The fourth-order valence-corrected chi connectivity index (χ4v) is 3.84. The molecule has 0 radical (unpaired) electrons. The second-order valence-corrected chi connectivity index (χ2v) is 7.59. The summed E-state index contributed by atoms with van der Waals surface area (Å²) in [6.07, 6.45) is 1.87. The fraction of sp³-hybridized carbons (Fsp3) is 0.458. The smallest absolute Gasteiger partial charge is 0.191 e. The molecule has 182 valence electrons. The fourth-order valence-electron chi connectivity index (χ4n) is 3.84. The third kappa shape index (κ3) is 7.21. The van der Waals surface area contributed by atoms with E-state index in [-0.39, 0.29) is 24.0 Å². The first-order valence-electron chi connectivity index (χ1n) is 10.8. The Balaban J connectivity index is 0.00000385. The van der Waals surface area contributed by atoms with Crippen molar-refractivity contribution < 1.29 is 18.9 Å². The van der Waals surface area contributed by atoms with Crippen LogP contribution in [0.3, 0.4) is 0 Å². The molecule has 2 aromatic carbocycles. The van der Waals surface area contributed by atoms with E-state index in [2.05, 4.69) is 26.6 Å². The van der Waals surface area contributed by atoms with Gasteiger partial charge < -0.3 is 34.5 Å². The van der Waals surface area contributed by atoms with E-state index in [4.69, 9.17) is 18.9 Å². The van der Waals surface area contributed by atoms with Gasteiger partial charge in [0.15, 0.2) is 17.5 Å². The highest BCUT2D eigenvalue weighted by molar-refractivity contribution is 14.0. The number of benzene rings is 2.